The molecule has 0 spiro atoms. The molecule has 24 heavy (non-hydrogen) atoms. The van der Waals surface area contributed by atoms with Gasteiger partial charge >= 0.3 is 0 Å². The normalized spacial score (nSPS) is 18.8. The van der Waals surface area contributed by atoms with Crippen molar-refractivity contribution in [3.05, 3.63) is 58.6 Å². The lowest BCUT2D eigenvalue weighted by Crippen LogP contribution is -2.45. The number of nitrogens with one attached hydrogen (secondary N) is 1. The number of rotatable bonds is 2. The molecule has 1 heterocycles. The van der Waals surface area contributed by atoms with Crippen molar-refractivity contribution in [3.8, 4) is 0 Å². The number of carbonyl (C=O) groups is 2. The minimum atomic E-state index is -3.92. The molecule has 1 aliphatic heterocycles. The molecule has 3 rings (SSSR count). The average molecular weight is 409 g/mol. The van der Waals surface area contributed by atoms with E-state index in [2.05, 4.69) is 21.2 Å². The van der Waals surface area contributed by atoms with E-state index >= 15 is 0 Å². The van der Waals surface area contributed by atoms with Crippen LogP contribution in [-0.4, -0.2) is 31.6 Å². The quantitative estimate of drug-likeness (QED) is 0.772. The fourth-order valence-corrected chi connectivity index (χ4v) is 4.17. The summed E-state index contributed by atoms with van der Waals surface area (Å²) in [5, 5.41) is 2.66. The number of halogens is 1. The molecule has 2 aromatic carbocycles. The molecule has 0 radical (unpaired) electrons. The number of sulfonamides is 1. The standard InChI is InChI=1S/C16H13BrN2O4S/c1-19-16(21)14(12-4-2-3-5-13(12)24(19,22)23)15(20)18-11-8-6-10(17)7-9-11/h2-9,14H,1H3,(H,18,20)/t14-/m0/s1. The van der Waals surface area contributed by atoms with Crippen molar-refractivity contribution in [3.63, 3.8) is 0 Å². The molecule has 124 valence electrons. The molecule has 0 saturated carbocycles. The smallest absolute Gasteiger partial charge is 0.266 e. The van der Waals surface area contributed by atoms with Crippen molar-refractivity contribution in [2.75, 3.05) is 12.4 Å². The molecule has 0 aromatic heterocycles. The number of hydrogen-bond donors (Lipinski definition) is 1. The van der Waals surface area contributed by atoms with Crippen LogP contribution >= 0.6 is 15.9 Å². The maximum absolute atomic E-state index is 12.6. The number of amides is 2. The molecule has 1 N–H and O–H groups in total. The number of fused-ring (bicyclic) bond motifs is 1. The minimum Gasteiger partial charge on any atom is -0.325 e. The molecule has 0 bridgehead atoms. The van der Waals surface area contributed by atoms with Gasteiger partial charge in [-0.25, -0.2) is 12.7 Å². The summed E-state index contributed by atoms with van der Waals surface area (Å²) in [5.74, 6) is -2.56. The number of anilines is 1. The van der Waals surface area contributed by atoms with Crippen LogP contribution < -0.4 is 5.32 Å². The molecular weight excluding hydrogens is 396 g/mol. The van der Waals surface area contributed by atoms with Crippen LogP contribution in [0.2, 0.25) is 0 Å². The Morgan fingerprint density at radius 1 is 1.12 bits per heavy atom. The zero-order valence-electron chi connectivity index (χ0n) is 12.6. The van der Waals surface area contributed by atoms with Gasteiger partial charge in [0.2, 0.25) is 5.91 Å². The van der Waals surface area contributed by atoms with E-state index in [1.54, 1.807) is 36.4 Å². The fraction of sp³-hybridized carbons (Fsp3) is 0.125. The van der Waals surface area contributed by atoms with Gasteiger partial charge in [-0.05, 0) is 35.9 Å². The van der Waals surface area contributed by atoms with Crippen molar-refractivity contribution in [1.29, 1.82) is 0 Å². The fourth-order valence-electron chi connectivity index (χ4n) is 2.54. The molecular formula is C16H13BrN2O4S. The number of carbonyl (C=O) groups excluding carboxylic acids is 2. The first-order valence-corrected chi connectivity index (χ1v) is 9.24. The molecule has 1 aliphatic rings. The number of nitrogens with zero attached hydrogens (tertiary/aromatic N) is 1. The van der Waals surface area contributed by atoms with Crippen LogP contribution in [0.4, 0.5) is 5.69 Å². The van der Waals surface area contributed by atoms with Crippen LogP contribution in [0.1, 0.15) is 11.5 Å². The van der Waals surface area contributed by atoms with Gasteiger partial charge in [0.15, 0.2) is 0 Å². The van der Waals surface area contributed by atoms with Crippen molar-refractivity contribution >= 4 is 43.5 Å². The second-order valence-corrected chi connectivity index (χ2v) is 8.13. The van der Waals surface area contributed by atoms with Crippen molar-refractivity contribution < 1.29 is 18.0 Å². The van der Waals surface area contributed by atoms with Gasteiger partial charge in [0, 0.05) is 17.2 Å². The Hall–Kier alpha value is -2.19. The number of hydrogen-bond acceptors (Lipinski definition) is 4. The summed E-state index contributed by atoms with van der Waals surface area (Å²) in [5.41, 5.74) is 0.708. The molecule has 6 nitrogen and oxygen atoms in total. The van der Waals surface area contributed by atoms with E-state index in [0.29, 0.717) is 9.99 Å². The summed E-state index contributed by atoms with van der Waals surface area (Å²) >= 11 is 3.30. The predicted molar refractivity (Wildman–Crippen MR) is 91.9 cm³/mol. The van der Waals surface area contributed by atoms with Crippen molar-refractivity contribution in [2.24, 2.45) is 0 Å². The summed E-state index contributed by atoms with van der Waals surface area (Å²) < 4.78 is 26.2. The molecule has 8 heteroatoms. The van der Waals surface area contributed by atoms with Crippen LogP contribution in [0.15, 0.2) is 57.9 Å². The highest BCUT2D eigenvalue weighted by Crippen LogP contribution is 2.34. The SMILES string of the molecule is CN1C(=O)[C@H](C(=O)Nc2ccc(Br)cc2)c2ccccc2S1(=O)=O. The van der Waals surface area contributed by atoms with E-state index in [1.165, 1.54) is 12.1 Å². The highest BCUT2D eigenvalue weighted by Gasteiger charge is 2.44. The Labute approximate surface area is 147 Å². The predicted octanol–water partition coefficient (Wildman–Crippen LogP) is 2.33. The van der Waals surface area contributed by atoms with Crippen LogP contribution in [0.5, 0.6) is 0 Å². The summed E-state index contributed by atoms with van der Waals surface area (Å²) in [6.45, 7) is 0. The average Bonchev–Trinajstić information content (AvgIpc) is 2.55. The highest BCUT2D eigenvalue weighted by molar-refractivity contribution is 9.10. The molecule has 1 atom stereocenters. The van der Waals surface area contributed by atoms with E-state index in [0.717, 1.165) is 11.5 Å². The summed E-state index contributed by atoms with van der Waals surface area (Å²) in [6.07, 6.45) is 0. The molecule has 2 amide bonds. The van der Waals surface area contributed by atoms with Gasteiger partial charge in [0.25, 0.3) is 15.9 Å². The molecule has 0 aliphatic carbocycles. The zero-order valence-corrected chi connectivity index (χ0v) is 15.0. The first-order chi connectivity index (χ1) is 11.3. The van der Waals surface area contributed by atoms with Gasteiger partial charge in [0.1, 0.15) is 5.92 Å². The first-order valence-electron chi connectivity index (χ1n) is 7.00. The summed E-state index contributed by atoms with van der Waals surface area (Å²) in [6, 6.07) is 12.9. The Morgan fingerprint density at radius 3 is 2.42 bits per heavy atom. The molecule has 0 fully saturated rings. The Bertz CT molecular complexity index is 925. The number of likely N-dealkylation sites (N-methyl/N-ethyl adjacent to an activating group) is 1. The van der Waals surface area contributed by atoms with Crippen molar-refractivity contribution in [2.45, 2.75) is 10.8 Å². The molecule has 2 aromatic rings. The monoisotopic (exact) mass is 408 g/mol. The van der Waals surface area contributed by atoms with E-state index in [1.807, 2.05) is 0 Å². The molecule has 0 unspecified atom stereocenters. The van der Waals surface area contributed by atoms with Gasteiger partial charge in [-0.1, -0.05) is 34.1 Å². The van der Waals surface area contributed by atoms with Crippen LogP contribution in [-0.2, 0) is 19.6 Å². The Kier molecular flexibility index (Phi) is 4.18. The first kappa shape index (κ1) is 16.7. The minimum absolute atomic E-state index is 0.0249. The lowest BCUT2D eigenvalue weighted by atomic mass is 9.96. The van der Waals surface area contributed by atoms with Gasteiger partial charge in [-0.15, -0.1) is 0 Å². The third kappa shape index (κ3) is 2.71. The van der Waals surface area contributed by atoms with Gasteiger partial charge < -0.3 is 5.32 Å². The Balaban J connectivity index is 2.02. The van der Waals surface area contributed by atoms with Gasteiger partial charge in [0.05, 0.1) is 4.90 Å². The zero-order chi connectivity index (χ0) is 17.5. The van der Waals surface area contributed by atoms with Gasteiger partial charge in [-0.2, -0.15) is 0 Å². The van der Waals surface area contributed by atoms with Crippen LogP contribution in [0.3, 0.4) is 0 Å². The lowest BCUT2D eigenvalue weighted by Gasteiger charge is -2.30. The maximum Gasteiger partial charge on any atom is 0.266 e. The van der Waals surface area contributed by atoms with Crippen LogP contribution in [0, 0.1) is 0 Å². The lowest BCUT2D eigenvalue weighted by molar-refractivity contribution is -0.132. The summed E-state index contributed by atoms with van der Waals surface area (Å²) in [7, 11) is -2.76. The van der Waals surface area contributed by atoms with E-state index in [-0.39, 0.29) is 10.5 Å². The largest absolute Gasteiger partial charge is 0.325 e. The molecule has 0 saturated heterocycles. The van der Waals surface area contributed by atoms with E-state index in [9.17, 15) is 18.0 Å². The summed E-state index contributed by atoms with van der Waals surface area (Å²) in [4.78, 5) is 25.1. The Morgan fingerprint density at radius 2 is 1.75 bits per heavy atom. The van der Waals surface area contributed by atoms with Gasteiger partial charge in [-0.3, -0.25) is 9.59 Å². The third-order valence-corrected chi connectivity index (χ3v) is 6.16. The second-order valence-electron chi connectivity index (χ2n) is 5.28. The second kappa shape index (κ2) is 6.03. The van der Waals surface area contributed by atoms with E-state index < -0.39 is 27.8 Å². The van der Waals surface area contributed by atoms with Crippen LogP contribution in [0.25, 0.3) is 0 Å². The highest BCUT2D eigenvalue weighted by atomic mass is 79.9. The van der Waals surface area contributed by atoms with Crippen molar-refractivity contribution in [1.82, 2.24) is 4.31 Å². The maximum atomic E-state index is 12.6. The number of benzene rings is 2. The van der Waals surface area contributed by atoms with E-state index in [4.69, 9.17) is 0 Å². The third-order valence-electron chi connectivity index (χ3n) is 3.80. The topological polar surface area (TPSA) is 83.6 Å².